The van der Waals surface area contributed by atoms with Gasteiger partial charge >= 0.3 is 5.97 Å². The number of aliphatic hydroxyl groups is 3. The zero-order chi connectivity index (χ0) is 27.6. The van der Waals surface area contributed by atoms with Crippen LogP contribution >= 0.6 is 0 Å². The first-order valence-electron chi connectivity index (χ1n) is 11.5. The van der Waals surface area contributed by atoms with Gasteiger partial charge in [0.15, 0.2) is 6.29 Å². The number of amides is 1. The monoisotopic (exact) mass is 546 g/mol. The molecule has 1 unspecified atom stereocenters. The summed E-state index contributed by atoms with van der Waals surface area (Å²) in [6.45, 7) is 0.690. The first kappa shape index (κ1) is 27.4. The zero-order valence-electron chi connectivity index (χ0n) is 20.0. The Hall–Kier alpha value is -3.59. The van der Waals surface area contributed by atoms with Crippen molar-refractivity contribution in [1.82, 2.24) is 10.0 Å². The molecule has 0 saturated carbocycles. The Labute approximate surface area is 217 Å². The molecule has 0 spiro atoms. The number of rotatable bonds is 8. The molecule has 0 bridgehead atoms. The van der Waals surface area contributed by atoms with Gasteiger partial charge in [-0.2, -0.15) is 0 Å². The van der Waals surface area contributed by atoms with Gasteiger partial charge in [-0.3, -0.25) is 4.79 Å². The molecule has 12 nitrogen and oxygen atoms in total. The van der Waals surface area contributed by atoms with Gasteiger partial charge in [-0.15, -0.1) is 0 Å². The van der Waals surface area contributed by atoms with Crippen LogP contribution in [0.15, 0.2) is 70.2 Å². The first-order valence-corrected chi connectivity index (χ1v) is 13.0. The number of hydrogen-bond donors (Lipinski definition) is 6. The number of carbonyl (C=O) groups is 2. The summed E-state index contributed by atoms with van der Waals surface area (Å²) in [4.78, 5) is 24.0. The van der Waals surface area contributed by atoms with E-state index < -0.39 is 64.2 Å². The first-order chi connectivity index (χ1) is 18.0. The van der Waals surface area contributed by atoms with Crippen LogP contribution in [0.4, 0.5) is 0 Å². The number of aliphatic hydroxyl groups excluding tert-OH is 3. The molecule has 1 aliphatic rings. The van der Waals surface area contributed by atoms with E-state index in [0.717, 1.165) is 17.2 Å². The van der Waals surface area contributed by atoms with Crippen LogP contribution in [-0.4, -0.2) is 77.9 Å². The van der Waals surface area contributed by atoms with Crippen molar-refractivity contribution in [2.24, 2.45) is 0 Å². The van der Waals surface area contributed by atoms with E-state index in [1.807, 2.05) is 36.4 Å². The summed E-state index contributed by atoms with van der Waals surface area (Å²) in [6.07, 6.45) is -6.60. The van der Waals surface area contributed by atoms with Gasteiger partial charge in [0.2, 0.25) is 5.09 Å². The van der Waals surface area contributed by atoms with Gasteiger partial charge in [-0.25, -0.2) is 17.9 Å². The summed E-state index contributed by atoms with van der Waals surface area (Å²) < 4.78 is 37.4. The fraction of sp³-hybridized carbons (Fsp3) is 0.280. The molecule has 2 heterocycles. The Kier molecular flexibility index (Phi) is 7.97. The summed E-state index contributed by atoms with van der Waals surface area (Å²) >= 11 is 0. The summed E-state index contributed by atoms with van der Waals surface area (Å²) in [5.41, 5.74) is 1.56. The van der Waals surface area contributed by atoms with E-state index in [1.54, 1.807) is 18.2 Å². The molecule has 2 aromatic carbocycles. The molecule has 1 saturated heterocycles. The van der Waals surface area contributed by atoms with Crippen molar-refractivity contribution in [1.29, 1.82) is 0 Å². The van der Waals surface area contributed by atoms with Gasteiger partial charge in [-0.1, -0.05) is 42.5 Å². The van der Waals surface area contributed by atoms with Crippen molar-refractivity contribution < 1.29 is 47.6 Å². The molecule has 1 aromatic heterocycles. The van der Waals surface area contributed by atoms with Gasteiger partial charge in [0.1, 0.15) is 35.7 Å². The number of nitrogens with one attached hydrogen (secondary N) is 2. The van der Waals surface area contributed by atoms with Gasteiger partial charge in [-0.05, 0) is 30.2 Å². The molecular weight excluding hydrogens is 520 g/mol. The minimum Gasteiger partial charge on any atom is -0.478 e. The normalized spacial score (nSPS) is 23.6. The average molecular weight is 547 g/mol. The average Bonchev–Trinajstić information content (AvgIpc) is 3.31. The Balaban J connectivity index is 1.41. The fourth-order valence-electron chi connectivity index (χ4n) is 4.04. The van der Waals surface area contributed by atoms with Gasteiger partial charge in [0.25, 0.3) is 15.9 Å². The summed E-state index contributed by atoms with van der Waals surface area (Å²) in [6, 6.07) is 15.4. The number of aromatic carboxylic acids is 1. The highest BCUT2D eigenvalue weighted by molar-refractivity contribution is 7.89. The van der Waals surface area contributed by atoms with Crippen molar-refractivity contribution in [3.8, 4) is 11.1 Å². The highest BCUT2D eigenvalue weighted by Crippen LogP contribution is 2.24. The number of furan rings is 1. The van der Waals surface area contributed by atoms with Crippen molar-refractivity contribution in [2.75, 3.05) is 6.54 Å². The summed E-state index contributed by atoms with van der Waals surface area (Å²) in [5, 5.41) is 42.4. The van der Waals surface area contributed by atoms with Crippen LogP contribution < -0.4 is 10.0 Å². The van der Waals surface area contributed by atoms with Crippen molar-refractivity contribution in [2.45, 2.75) is 42.7 Å². The topological polar surface area (TPSA) is 196 Å². The van der Waals surface area contributed by atoms with Crippen LogP contribution in [0.1, 0.15) is 26.5 Å². The van der Waals surface area contributed by atoms with Crippen LogP contribution in [-0.2, 0) is 14.8 Å². The number of hydrogen-bond acceptors (Lipinski definition) is 9. The van der Waals surface area contributed by atoms with Crippen LogP contribution in [0, 0.1) is 6.92 Å². The molecular formula is C25H26N2O10S. The SMILES string of the molecule is Cc1oc(S(=O)(=O)NC[C@H]2OC(O)[C@H](NC(=O)c3cccc(-c4ccccc4)c3)[C@@H](O)[C@@H]2O)cc1C(=O)O. The number of aryl methyl sites for hydroxylation is 1. The number of carboxylic acids is 1. The van der Waals surface area contributed by atoms with Gasteiger partial charge in [0.05, 0.1) is 0 Å². The molecule has 3 aromatic rings. The molecule has 0 aliphatic carbocycles. The fourth-order valence-corrected chi connectivity index (χ4v) is 5.07. The van der Waals surface area contributed by atoms with E-state index >= 15 is 0 Å². The Morgan fingerprint density at radius 1 is 0.947 bits per heavy atom. The van der Waals surface area contributed by atoms with Crippen LogP contribution in [0.25, 0.3) is 11.1 Å². The molecule has 0 radical (unpaired) electrons. The molecule has 38 heavy (non-hydrogen) atoms. The second-order valence-electron chi connectivity index (χ2n) is 8.68. The van der Waals surface area contributed by atoms with Gasteiger partial charge < -0.3 is 34.9 Å². The lowest BCUT2D eigenvalue weighted by Crippen LogP contribution is -2.65. The molecule has 1 fully saturated rings. The third-order valence-corrected chi connectivity index (χ3v) is 7.39. The molecule has 5 atom stereocenters. The van der Waals surface area contributed by atoms with E-state index in [1.165, 1.54) is 6.92 Å². The molecule has 13 heteroatoms. The van der Waals surface area contributed by atoms with Crippen LogP contribution in [0.3, 0.4) is 0 Å². The zero-order valence-corrected chi connectivity index (χ0v) is 20.8. The number of carbonyl (C=O) groups excluding carboxylic acids is 1. The molecule has 6 N–H and O–H groups in total. The number of sulfonamides is 1. The van der Waals surface area contributed by atoms with E-state index in [-0.39, 0.29) is 16.9 Å². The predicted molar refractivity (Wildman–Crippen MR) is 132 cm³/mol. The highest BCUT2D eigenvalue weighted by atomic mass is 32.2. The predicted octanol–water partition coefficient (Wildman–Crippen LogP) is 0.469. The van der Waals surface area contributed by atoms with Crippen molar-refractivity contribution in [3.63, 3.8) is 0 Å². The standard InChI is InChI=1S/C25H26N2O10S/c1-13-17(24(31)32)11-19(36-13)38(34,35)26-12-18-21(28)22(29)20(25(33)37-18)27-23(30)16-9-5-8-15(10-16)14-6-3-2-4-7-14/h2-11,18,20-22,25-26,28-29,33H,12H2,1H3,(H,27,30)(H,31,32)/t18-,20-,21-,22-,25?/m1/s1. The lowest BCUT2D eigenvalue weighted by atomic mass is 9.96. The lowest BCUT2D eigenvalue weighted by molar-refractivity contribution is -0.243. The van der Waals surface area contributed by atoms with Crippen molar-refractivity contribution >= 4 is 21.9 Å². The van der Waals surface area contributed by atoms with E-state index in [4.69, 9.17) is 14.3 Å². The smallest absolute Gasteiger partial charge is 0.339 e. The lowest BCUT2D eigenvalue weighted by Gasteiger charge is -2.40. The van der Waals surface area contributed by atoms with E-state index in [9.17, 15) is 33.3 Å². The van der Waals surface area contributed by atoms with Crippen LogP contribution in [0.2, 0.25) is 0 Å². The number of ether oxygens (including phenoxy) is 1. The quantitative estimate of drug-likeness (QED) is 0.231. The van der Waals surface area contributed by atoms with Crippen LogP contribution in [0.5, 0.6) is 0 Å². The highest BCUT2D eigenvalue weighted by Gasteiger charge is 2.45. The maximum Gasteiger partial charge on any atom is 0.339 e. The summed E-state index contributed by atoms with van der Waals surface area (Å²) in [5.74, 6) is -2.13. The molecule has 4 rings (SSSR count). The Morgan fingerprint density at radius 3 is 2.29 bits per heavy atom. The molecule has 1 amide bonds. The molecule has 1 aliphatic heterocycles. The summed E-state index contributed by atoms with van der Waals surface area (Å²) in [7, 11) is -4.35. The maximum absolute atomic E-state index is 12.9. The second kappa shape index (κ2) is 11.0. The van der Waals surface area contributed by atoms with E-state index in [0.29, 0.717) is 0 Å². The number of carboxylic acid groups (broad SMARTS) is 1. The minimum absolute atomic E-state index is 0.120. The Morgan fingerprint density at radius 2 is 1.63 bits per heavy atom. The van der Waals surface area contributed by atoms with Crippen molar-refractivity contribution in [3.05, 3.63) is 77.6 Å². The third kappa shape index (κ3) is 5.78. The second-order valence-corrected chi connectivity index (χ2v) is 10.4. The minimum atomic E-state index is -4.35. The Bertz CT molecular complexity index is 1420. The molecule has 202 valence electrons. The number of benzene rings is 2. The largest absolute Gasteiger partial charge is 0.478 e. The third-order valence-electron chi connectivity index (χ3n) is 6.11. The maximum atomic E-state index is 12.9. The van der Waals surface area contributed by atoms with E-state index in [2.05, 4.69) is 10.0 Å². The van der Waals surface area contributed by atoms with Gasteiger partial charge in [0, 0.05) is 18.2 Å².